The fraction of sp³-hybridized carbons (Fsp3) is 0.312. The van der Waals surface area contributed by atoms with Crippen LogP contribution in [0.5, 0.6) is 0 Å². The summed E-state index contributed by atoms with van der Waals surface area (Å²) in [6.45, 7) is 5.03. The van der Waals surface area contributed by atoms with Crippen LogP contribution in [0.25, 0.3) is 0 Å². The molecule has 0 amide bonds. The number of aromatic nitrogens is 4. The van der Waals surface area contributed by atoms with Crippen molar-refractivity contribution >= 4 is 27.8 Å². The van der Waals surface area contributed by atoms with Crippen LogP contribution in [0.3, 0.4) is 0 Å². The quantitative estimate of drug-likeness (QED) is 0.489. The van der Waals surface area contributed by atoms with Crippen LogP contribution in [0.2, 0.25) is 0 Å². The summed E-state index contributed by atoms with van der Waals surface area (Å²) in [5.41, 5.74) is 3.63. The molecule has 2 aromatic heterocycles. The fourth-order valence-corrected chi connectivity index (χ4v) is 2.75. The number of azo groups is 1. The van der Waals surface area contributed by atoms with Gasteiger partial charge in [0.2, 0.25) is 6.33 Å². The number of nitrogens with zero attached hydrogens (tertiary/aromatic N) is 7. The smallest absolute Gasteiger partial charge is 0.251 e. The first-order valence-corrected chi connectivity index (χ1v) is 8.66. The summed E-state index contributed by atoms with van der Waals surface area (Å²) in [6.07, 6.45) is 6.23. The Morgan fingerprint density at radius 3 is 2.71 bits per heavy atom. The normalized spacial score (nSPS) is 11.2. The Morgan fingerprint density at radius 1 is 1.25 bits per heavy atom. The topological polar surface area (TPSA) is 62.5 Å². The molecule has 0 aliphatic rings. The highest BCUT2D eigenvalue weighted by molar-refractivity contribution is 7.13. The maximum Gasteiger partial charge on any atom is 0.251 e. The van der Waals surface area contributed by atoms with E-state index >= 15 is 0 Å². The lowest BCUT2D eigenvalue weighted by Gasteiger charge is -2.22. The molecule has 0 spiro atoms. The number of likely N-dealkylation sites (N-methyl/N-ethyl adjacent to an activating group) is 1. The lowest BCUT2D eigenvalue weighted by atomic mass is 10.2. The number of benzene rings is 1. The van der Waals surface area contributed by atoms with Gasteiger partial charge in [0.05, 0.1) is 19.3 Å². The second kappa shape index (κ2) is 7.78. The van der Waals surface area contributed by atoms with E-state index in [1.54, 1.807) is 5.51 Å². The van der Waals surface area contributed by atoms with Gasteiger partial charge in [-0.25, -0.2) is 9.13 Å². The molecule has 0 N–H and O–H groups in total. The number of hydrogen-bond acceptors (Lipinski definition) is 6. The first-order chi connectivity index (χ1) is 11.7. The summed E-state index contributed by atoms with van der Waals surface area (Å²) in [5.74, 6) is 0. The van der Waals surface area contributed by atoms with Crippen LogP contribution < -0.4 is 9.47 Å². The van der Waals surface area contributed by atoms with Gasteiger partial charge >= 0.3 is 0 Å². The Labute approximate surface area is 144 Å². The number of rotatable bonds is 7. The molecule has 0 saturated heterocycles. The predicted octanol–water partition coefficient (Wildman–Crippen LogP) is 3.11. The van der Waals surface area contributed by atoms with E-state index in [2.05, 4.69) is 61.5 Å². The maximum atomic E-state index is 4.18. The van der Waals surface area contributed by atoms with Crippen molar-refractivity contribution in [3.8, 4) is 0 Å². The molecule has 2 heterocycles. The molecule has 7 nitrogen and oxygen atoms in total. The van der Waals surface area contributed by atoms with Crippen molar-refractivity contribution < 1.29 is 4.57 Å². The van der Waals surface area contributed by atoms with Crippen molar-refractivity contribution in [3.63, 3.8) is 0 Å². The summed E-state index contributed by atoms with van der Waals surface area (Å²) < 4.78 is 4.24. The Morgan fingerprint density at radius 2 is 2.08 bits per heavy atom. The van der Waals surface area contributed by atoms with Crippen LogP contribution in [-0.2, 0) is 13.6 Å². The van der Waals surface area contributed by atoms with Crippen LogP contribution in [-0.4, -0.2) is 27.9 Å². The van der Waals surface area contributed by atoms with Crippen molar-refractivity contribution in [2.75, 3.05) is 18.0 Å². The molecule has 0 radical (unpaired) electrons. The van der Waals surface area contributed by atoms with Gasteiger partial charge in [-0.1, -0.05) is 11.3 Å². The lowest BCUT2D eigenvalue weighted by Crippen LogP contribution is -2.28. The molecule has 1 aromatic carbocycles. The molecule has 0 fully saturated rings. The highest BCUT2D eigenvalue weighted by atomic mass is 32.1. The summed E-state index contributed by atoms with van der Waals surface area (Å²) in [5, 5.41) is 16.4. The minimum Gasteiger partial charge on any atom is -0.368 e. The fourth-order valence-electron chi connectivity index (χ4n) is 2.38. The molecule has 0 aliphatic carbocycles. The first kappa shape index (κ1) is 16.3. The van der Waals surface area contributed by atoms with E-state index in [1.165, 1.54) is 17.0 Å². The molecule has 0 atom stereocenters. The monoisotopic (exact) mass is 342 g/mol. The SMILES string of the molecule is CCN(CCn1cc[n+](C)c1)c1ccc(N=Nc2nncs2)cc1. The second-order valence-corrected chi connectivity index (χ2v) is 6.15. The Kier molecular flexibility index (Phi) is 5.27. The van der Waals surface area contributed by atoms with Crippen LogP contribution in [0.4, 0.5) is 16.5 Å². The minimum atomic E-state index is 0.564. The Bertz CT molecular complexity index is 777. The van der Waals surface area contributed by atoms with Crippen molar-refractivity contribution in [2.45, 2.75) is 13.5 Å². The van der Waals surface area contributed by atoms with Gasteiger partial charge in [-0.2, -0.15) is 0 Å². The van der Waals surface area contributed by atoms with Crippen LogP contribution in [0.15, 0.2) is 58.7 Å². The second-order valence-electron chi connectivity index (χ2n) is 5.33. The third-order valence-corrected chi connectivity index (χ3v) is 4.22. The Balaban J connectivity index is 1.62. The number of aryl methyl sites for hydroxylation is 1. The number of hydrogen-bond donors (Lipinski definition) is 0. The van der Waals surface area contributed by atoms with E-state index in [0.717, 1.165) is 25.3 Å². The average Bonchev–Trinajstić information content (AvgIpc) is 3.26. The van der Waals surface area contributed by atoms with Gasteiger partial charge in [0.15, 0.2) is 0 Å². The summed E-state index contributed by atoms with van der Waals surface area (Å²) in [4.78, 5) is 2.34. The molecule has 24 heavy (non-hydrogen) atoms. The summed E-state index contributed by atoms with van der Waals surface area (Å²) >= 11 is 1.37. The maximum absolute atomic E-state index is 4.18. The summed E-state index contributed by atoms with van der Waals surface area (Å²) in [6, 6.07) is 8.09. The molecule has 0 aliphatic heterocycles. The average molecular weight is 342 g/mol. The third-order valence-electron chi connectivity index (χ3n) is 3.65. The van der Waals surface area contributed by atoms with E-state index in [0.29, 0.717) is 5.13 Å². The van der Waals surface area contributed by atoms with E-state index in [4.69, 9.17) is 0 Å². The molecule has 3 aromatic rings. The van der Waals surface area contributed by atoms with Crippen molar-refractivity contribution in [2.24, 2.45) is 17.3 Å². The molecule has 3 rings (SSSR count). The summed E-state index contributed by atoms with van der Waals surface area (Å²) in [7, 11) is 2.03. The molecule has 8 heteroatoms. The first-order valence-electron chi connectivity index (χ1n) is 7.78. The van der Waals surface area contributed by atoms with Gasteiger partial charge < -0.3 is 4.90 Å². The van der Waals surface area contributed by atoms with Gasteiger partial charge in [0.25, 0.3) is 5.13 Å². The molecule has 0 bridgehead atoms. The van der Waals surface area contributed by atoms with Gasteiger partial charge in [-0.05, 0) is 31.2 Å². The van der Waals surface area contributed by atoms with Crippen molar-refractivity contribution in [1.82, 2.24) is 14.8 Å². The number of anilines is 1. The lowest BCUT2D eigenvalue weighted by molar-refractivity contribution is -0.671. The predicted molar refractivity (Wildman–Crippen MR) is 94.0 cm³/mol. The van der Waals surface area contributed by atoms with E-state index in [1.807, 2.05) is 29.9 Å². The zero-order chi connectivity index (χ0) is 16.8. The minimum absolute atomic E-state index is 0.564. The van der Waals surface area contributed by atoms with Crippen LogP contribution in [0, 0.1) is 0 Å². The van der Waals surface area contributed by atoms with E-state index in [-0.39, 0.29) is 0 Å². The van der Waals surface area contributed by atoms with Crippen molar-refractivity contribution in [1.29, 1.82) is 0 Å². The highest BCUT2D eigenvalue weighted by Gasteiger charge is 2.07. The van der Waals surface area contributed by atoms with Crippen LogP contribution in [0.1, 0.15) is 6.92 Å². The number of imidazole rings is 1. The zero-order valence-electron chi connectivity index (χ0n) is 13.8. The molecule has 0 unspecified atom stereocenters. The van der Waals surface area contributed by atoms with Gasteiger partial charge in [-0.15, -0.1) is 20.4 Å². The molecular formula is C16H20N7S+. The molecule has 0 saturated carbocycles. The third kappa shape index (κ3) is 4.23. The van der Waals surface area contributed by atoms with Crippen LogP contribution >= 0.6 is 11.3 Å². The van der Waals surface area contributed by atoms with Gasteiger partial charge in [0.1, 0.15) is 24.4 Å². The van der Waals surface area contributed by atoms with E-state index in [9.17, 15) is 0 Å². The largest absolute Gasteiger partial charge is 0.368 e. The highest BCUT2D eigenvalue weighted by Crippen LogP contribution is 2.22. The Hall–Kier alpha value is -2.61. The zero-order valence-corrected chi connectivity index (χ0v) is 14.6. The van der Waals surface area contributed by atoms with Gasteiger partial charge in [0, 0.05) is 12.2 Å². The van der Waals surface area contributed by atoms with Crippen molar-refractivity contribution in [3.05, 3.63) is 48.5 Å². The molecular weight excluding hydrogens is 322 g/mol. The standard InChI is InChI=1S/C16H20N7S/c1-3-23(11-10-22-9-8-21(2)13-22)15-6-4-14(5-7-15)18-20-16-19-17-12-24-16/h4-9,12-13H,3,10-11H2,1-2H3/q+1. The van der Waals surface area contributed by atoms with E-state index < -0.39 is 0 Å². The molecule has 124 valence electrons. The van der Waals surface area contributed by atoms with Gasteiger partial charge in [-0.3, -0.25) is 0 Å².